The van der Waals surface area contributed by atoms with Crippen LogP contribution in [0.25, 0.3) is 0 Å². The summed E-state index contributed by atoms with van der Waals surface area (Å²) in [6, 6.07) is 7.32. The second-order valence-corrected chi connectivity index (χ2v) is 5.24. The van der Waals surface area contributed by atoms with Gasteiger partial charge in [-0.25, -0.2) is 0 Å². The van der Waals surface area contributed by atoms with E-state index in [9.17, 15) is 0 Å². The molecule has 0 aromatic heterocycles. The average Bonchev–Trinajstić information content (AvgIpc) is 2.90. The highest BCUT2D eigenvalue weighted by molar-refractivity contribution is 5.34. The first-order valence-electron chi connectivity index (χ1n) is 5.81. The van der Waals surface area contributed by atoms with E-state index in [1.165, 1.54) is 29.5 Å². The Morgan fingerprint density at radius 2 is 1.93 bits per heavy atom. The summed E-state index contributed by atoms with van der Waals surface area (Å²) in [4.78, 5) is 0. The van der Waals surface area contributed by atoms with E-state index in [2.05, 4.69) is 51.3 Å². The summed E-state index contributed by atoms with van der Waals surface area (Å²) < 4.78 is 0. The zero-order valence-electron chi connectivity index (χ0n) is 10.2. The minimum atomic E-state index is 0.495. The van der Waals surface area contributed by atoms with Crippen molar-refractivity contribution in [3.05, 3.63) is 34.9 Å². The smallest absolute Gasteiger partial charge is 0.0374 e. The van der Waals surface area contributed by atoms with Crippen LogP contribution >= 0.6 is 0 Å². The monoisotopic (exact) mass is 203 g/mol. The summed E-state index contributed by atoms with van der Waals surface area (Å²) >= 11 is 0. The van der Waals surface area contributed by atoms with Crippen LogP contribution in [-0.2, 0) is 0 Å². The van der Waals surface area contributed by atoms with Gasteiger partial charge in [-0.05, 0) is 50.3 Å². The van der Waals surface area contributed by atoms with Crippen LogP contribution in [0.15, 0.2) is 18.2 Å². The van der Waals surface area contributed by atoms with Crippen LogP contribution in [0.3, 0.4) is 0 Å². The molecular formula is C14H21N. The molecule has 1 atom stereocenters. The van der Waals surface area contributed by atoms with Gasteiger partial charge in [-0.15, -0.1) is 0 Å². The number of nitrogens with one attached hydrogen (secondary N) is 1. The van der Waals surface area contributed by atoms with Crippen molar-refractivity contribution in [2.24, 2.45) is 5.41 Å². The molecule has 0 bridgehead atoms. The lowest BCUT2D eigenvalue weighted by Gasteiger charge is -2.25. The molecule has 1 aliphatic rings. The lowest BCUT2D eigenvalue weighted by Crippen LogP contribution is -2.25. The zero-order valence-corrected chi connectivity index (χ0v) is 10.2. The van der Waals surface area contributed by atoms with Crippen molar-refractivity contribution in [1.82, 2.24) is 5.32 Å². The molecule has 1 saturated carbocycles. The van der Waals surface area contributed by atoms with Gasteiger partial charge >= 0.3 is 0 Å². The Morgan fingerprint density at radius 3 is 2.40 bits per heavy atom. The van der Waals surface area contributed by atoms with Crippen molar-refractivity contribution in [3.63, 3.8) is 0 Å². The molecule has 0 aliphatic heterocycles. The highest BCUT2D eigenvalue weighted by atomic mass is 14.9. The number of aryl methyl sites for hydroxylation is 2. The molecule has 1 aromatic rings. The van der Waals surface area contributed by atoms with Gasteiger partial charge in [0.25, 0.3) is 0 Å². The highest BCUT2D eigenvalue weighted by Gasteiger charge is 2.45. The standard InChI is InChI=1S/C14H21N/c1-10-5-6-12(11(2)9-10)13(15-4)14(3)7-8-14/h5-6,9,13,15H,7-8H2,1-4H3. The van der Waals surface area contributed by atoms with Crippen LogP contribution in [0, 0.1) is 19.3 Å². The fourth-order valence-electron chi connectivity index (χ4n) is 2.51. The molecule has 1 fully saturated rings. The molecule has 0 radical (unpaired) electrons. The largest absolute Gasteiger partial charge is 0.313 e. The Labute approximate surface area is 92.9 Å². The van der Waals surface area contributed by atoms with Crippen LogP contribution in [0.2, 0.25) is 0 Å². The van der Waals surface area contributed by atoms with Gasteiger partial charge in [0.2, 0.25) is 0 Å². The van der Waals surface area contributed by atoms with Crippen molar-refractivity contribution in [1.29, 1.82) is 0 Å². The molecule has 1 aromatic carbocycles. The molecule has 2 rings (SSSR count). The fourth-order valence-corrected chi connectivity index (χ4v) is 2.51. The molecule has 82 valence electrons. The molecule has 1 heteroatoms. The molecule has 0 heterocycles. The van der Waals surface area contributed by atoms with Crippen LogP contribution < -0.4 is 5.32 Å². The second kappa shape index (κ2) is 3.64. The third kappa shape index (κ3) is 1.93. The molecule has 15 heavy (non-hydrogen) atoms. The Morgan fingerprint density at radius 1 is 1.27 bits per heavy atom. The van der Waals surface area contributed by atoms with Gasteiger partial charge in [-0.3, -0.25) is 0 Å². The van der Waals surface area contributed by atoms with Crippen molar-refractivity contribution in [2.75, 3.05) is 7.05 Å². The number of rotatable bonds is 3. The molecular weight excluding hydrogens is 182 g/mol. The maximum Gasteiger partial charge on any atom is 0.0374 e. The molecule has 0 spiro atoms. The fraction of sp³-hybridized carbons (Fsp3) is 0.571. The number of hydrogen-bond donors (Lipinski definition) is 1. The van der Waals surface area contributed by atoms with Crippen molar-refractivity contribution in [2.45, 2.75) is 39.7 Å². The average molecular weight is 203 g/mol. The highest BCUT2D eigenvalue weighted by Crippen LogP contribution is 2.54. The molecule has 0 amide bonds. The van der Waals surface area contributed by atoms with Gasteiger partial charge in [0, 0.05) is 6.04 Å². The molecule has 1 N–H and O–H groups in total. The third-order valence-corrected chi connectivity index (χ3v) is 3.76. The Hall–Kier alpha value is -0.820. The van der Waals surface area contributed by atoms with Gasteiger partial charge in [-0.2, -0.15) is 0 Å². The number of hydrogen-bond acceptors (Lipinski definition) is 1. The first-order chi connectivity index (χ1) is 7.07. The van der Waals surface area contributed by atoms with E-state index < -0.39 is 0 Å². The normalized spacial score (nSPS) is 20.0. The predicted molar refractivity (Wildman–Crippen MR) is 65.1 cm³/mol. The van der Waals surface area contributed by atoms with Gasteiger partial charge in [0.15, 0.2) is 0 Å². The minimum absolute atomic E-state index is 0.495. The molecule has 1 nitrogen and oxygen atoms in total. The number of benzene rings is 1. The summed E-state index contributed by atoms with van der Waals surface area (Å²) in [5, 5.41) is 3.48. The van der Waals surface area contributed by atoms with Crippen molar-refractivity contribution in [3.8, 4) is 0 Å². The topological polar surface area (TPSA) is 12.0 Å². The second-order valence-electron chi connectivity index (χ2n) is 5.24. The van der Waals surface area contributed by atoms with Crippen molar-refractivity contribution < 1.29 is 0 Å². The summed E-state index contributed by atoms with van der Waals surface area (Å²) in [5.74, 6) is 0. The van der Waals surface area contributed by atoms with E-state index in [1.807, 2.05) is 0 Å². The van der Waals surface area contributed by atoms with E-state index in [0.717, 1.165) is 0 Å². The summed E-state index contributed by atoms with van der Waals surface area (Å²) in [7, 11) is 2.08. The van der Waals surface area contributed by atoms with E-state index in [4.69, 9.17) is 0 Å². The first kappa shape index (κ1) is 10.7. The van der Waals surface area contributed by atoms with Gasteiger partial charge in [0.05, 0.1) is 0 Å². The van der Waals surface area contributed by atoms with Gasteiger partial charge in [0.1, 0.15) is 0 Å². The van der Waals surface area contributed by atoms with E-state index >= 15 is 0 Å². The van der Waals surface area contributed by atoms with Crippen molar-refractivity contribution >= 4 is 0 Å². The Kier molecular flexibility index (Phi) is 2.59. The predicted octanol–water partition coefficient (Wildman–Crippen LogP) is 3.36. The lowest BCUT2D eigenvalue weighted by molar-refractivity contribution is 0.389. The van der Waals surface area contributed by atoms with Crippen LogP contribution in [-0.4, -0.2) is 7.05 Å². The van der Waals surface area contributed by atoms with Gasteiger partial charge in [-0.1, -0.05) is 30.7 Å². The Bertz CT molecular complexity index is 364. The molecule has 1 aliphatic carbocycles. The lowest BCUT2D eigenvalue weighted by atomic mass is 9.88. The molecule has 1 unspecified atom stereocenters. The van der Waals surface area contributed by atoms with Crippen LogP contribution in [0.1, 0.15) is 42.5 Å². The maximum absolute atomic E-state index is 3.48. The quantitative estimate of drug-likeness (QED) is 0.794. The Balaban J connectivity index is 2.34. The van der Waals surface area contributed by atoms with Gasteiger partial charge < -0.3 is 5.32 Å². The first-order valence-corrected chi connectivity index (χ1v) is 5.81. The summed E-state index contributed by atoms with van der Waals surface area (Å²) in [5.41, 5.74) is 4.74. The van der Waals surface area contributed by atoms with E-state index in [0.29, 0.717) is 11.5 Å². The summed E-state index contributed by atoms with van der Waals surface area (Å²) in [6.07, 6.45) is 2.71. The maximum atomic E-state index is 3.48. The summed E-state index contributed by atoms with van der Waals surface area (Å²) in [6.45, 7) is 6.76. The zero-order chi connectivity index (χ0) is 11.1. The third-order valence-electron chi connectivity index (χ3n) is 3.76. The SMILES string of the molecule is CNC(c1ccc(C)cc1C)C1(C)CC1. The van der Waals surface area contributed by atoms with Crippen LogP contribution in [0.5, 0.6) is 0 Å². The van der Waals surface area contributed by atoms with E-state index in [-0.39, 0.29) is 0 Å². The minimum Gasteiger partial charge on any atom is -0.313 e. The van der Waals surface area contributed by atoms with E-state index in [1.54, 1.807) is 0 Å². The van der Waals surface area contributed by atoms with Crippen LogP contribution in [0.4, 0.5) is 0 Å². The molecule has 0 saturated heterocycles.